The third-order valence-corrected chi connectivity index (χ3v) is 4.61. The fourth-order valence-electron chi connectivity index (χ4n) is 2.85. The lowest BCUT2D eigenvalue weighted by atomic mass is 9.87. The van der Waals surface area contributed by atoms with Gasteiger partial charge in [0, 0.05) is 5.56 Å². The van der Waals surface area contributed by atoms with Gasteiger partial charge >= 0.3 is 0 Å². The first-order valence-corrected chi connectivity index (χ1v) is 8.81. The molecule has 1 nitrogen and oxygen atoms in total. The van der Waals surface area contributed by atoms with E-state index in [1.54, 1.807) is 0 Å². The van der Waals surface area contributed by atoms with Crippen molar-refractivity contribution in [3.8, 4) is 5.75 Å². The second-order valence-electron chi connectivity index (χ2n) is 7.13. The van der Waals surface area contributed by atoms with E-state index in [9.17, 15) is 0 Å². The van der Waals surface area contributed by atoms with Gasteiger partial charge < -0.3 is 4.74 Å². The molecule has 0 aliphatic carbocycles. The van der Waals surface area contributed by atoms with E-state index in [-0.39, 0.29) is 5.41 Å². The minimum Gasteiger partial charge on any atom is -0.489 e. The zero-order valence-corrected chi connectivity index (χ0v) is 15.2. The van der Waals surface area contributed by atoms with Crippen molar-refractivity contribution in [3.05, 3.63) is 77.4 Å². The quantitative estimate of drug-likeness (QED) is 0.496. The molecule has 0 aliphatic rings. The monoisotopic (exact) mass is 338 g/mol. The van der Waals surface area contributed by atoms with Crippen LogP contribution in [0.4, 0.5) is 0 Å². The minimum absolute atomic E-state index is 0.170. The molecule has 0 heterocycles. The van der Waals surface area contributed by atoms with Crippen LogP contribution in [0.5, 0.6) is 5.75 Å². The van der Waals surface area contributed by atoms with E-state index in [0.29, 0.717) is 12.5 Å². The molecule has 3 aromatic carbocycles. The molecule has 3 aromatic rings. The van der Waals surface area contributed by atoms with Crippen molar-refractivity contribution in [2.45, 2.75) is 38.7 Å². The van der Waals surface area contributed by atoms with Gasteiger partial charge in [-0.2, -0.15) is 0 Å². The van der Waals surface area contributed by atoms with E-state index in [0.717, 1.165) is 22.3 Å². The lowest BCUT2D eigenvalue weighted by molar-refractivity contribution is 0.304. The summed E-state index contributed by atoms with van der Waals surface area (Å²) in [6.07, 6.45) is 0. The van der Waals surface area contributed by atoms with Gasteiger partial charge in [0.25, 0.3) is 0 Å². The first-order valence-electron chi connectivity index (χ1n) is 8.28. The smallest absolute Gasteiger partial charge is 0.124 e. The highest BCUT2D eigenvalue weighted by molar-refractivity contribution is 6.18. The first kappa shape index (κ1) is 16.9. The van der Waals surface area contributed by atoms with Crippen LogP contribution in [0.3, 0.4) is 0 Å². The van der Waals surface area contributed by atoms with Gasteiger partial charge in [-0.15, -0.1) is 11.6 Å². The number of rotatable bonds is 4. The van der Waals surface area contributed by atoms with E-state index in [1.165, 1.54) is 10.9 Å². The third kappa shape index (κ3) is 3.57. The van der Waals surface area contributed by atoms with E-state index in [2.05, 4.69) is 63.2 Å². The Morgan fingerprint density at radius 3 is 2.25 bits per heavy atom. The average Bonchev–Trinajstić information content (AvgIpc) is 2.59. The Labute approximate surface area is 149 Å². The average molecular weight is 339 g/mol. The molecule has 0 atom stereocenters. The van der Waals surface area contributed by atoms with Crippen molar-refractivity contribution in [1.82, 2.24) is 0 Å². The van der Waals surface area contributed by atoms with Crippen LogP contribution in [0.15, 0.2) is 60.7 Å². The van der Waals surface area contributed by atoms with Crippen LogP contribution in [-0.2, 0) is 17.9 Å². The van der Waals surface area contributed by atoms with Crippen molar-refractivity contribution >= 4 is 22.4 Å². The normalized spacial score (nSPS) is 11.7. The summed E-state index contributed by atoms with van der Waals surface area (Å²) in [6, 6.07) is 21.0. The molecule has 0 aromatic heterocycles. The fourth-order valence-corrected chi connectivity index (χ4v) is 3.13. The molecule has 124 valence electrons. The maximum absolute atomic E-state index is 6.18. The Hall–Kier alpha value is -1.99. The number of ether oxygens (including phenoxy) is 1. The van der Waals surface area contributed by atoms with Crippen molar-refractivity contribution in [1.29, 1.82) is 0 Å². The molecule has 24 heavy (non-hydrogen) atoms. The zero-order chi connectivity index (χ0) is 17.2. The molecule has 0 spiro atoms. The summed E-state index contributed by atoms with van der Waals surface area (Å²) in [4.78, 5) is 0. The minimum atomic E-state index is 0.170. The summed E-state index contributed by atoms with van der Waals surface area (Å²) in [7, 11) is 0. The molecule has 0 aliphatic heterocycles. The van der Waals surface area contributed by atoms with Crippen molar-refractivity contribution in [2.24, 2.45) is 0 Å². The maximum Gasteiger partial charge on any atom is 0.124 e. The number of fused-ring (bicyclic) bond motifs is 1. The largest absolute Gasteiger partial charge is 0.489 e. The lowest BCUT2D eigenvalue weighted by Crippen LogP contribution is -2.10. The summed E-state index contributed by atoms with van der Waals surface area (Å²) in [5.74, 6) is 1.31. The molecule has 0 radical (unpaired) electrons. The number of halogens is 1. The number of benzene rings is 3. The van der Waals surface area contributed by atoms with Gasteiger partial charge in [-0.05, 0) is 33.4 Å². The molecular formula is C22H23ClO. The van der Waals surface area contributed by atoms with Crippen LogP contribution < -0.4 is 4.74 Å². The molecule has 3 rings (SSSR count). The molecule has 0 N–H and O–H groups in total. The second-order valence-corrected chi connectivity index (χ2v) is 7.40. The van der Waals surface area contributed by atoms with Crippen LogP contribution in [0.2, 0.25) is 0 Å². The predicted octanol–water partition coefficient (Wildman–Crippen LogP) is 6.46. The number of hydrogen-bond acceptors (Lipinski definition) is 1. The molecule has 2 heteroatoms. The van der Waals surface area contributed by atoms with Gasteiger partial charge in [0.1, 0.15) is 12.4 Å². The molecule has 0 saturated carbocycles. The Morgan fingerprint density at radius 2 is 1.58 bits per heavy atom. The standard InChI is InChI=1S/C22H23ClO/c1-22(2,3)18-11-8-16(9-12-18)15-24-21-13-10-17-6-4-5-7-19(17)20(21)14-23/h4-13H,14-15H2,1-3H3. The Morgan fingerprint density at radius 1 is 0.875 bits per heavy atom. The summed E-state index contributed by atoms with van der Waals surface area (Å²) < 4.78 is 6.06. The first-order chi connectivity index (χ1) is 11.5. The van der Waals surface area contributed by atoms with Gasteiger partial charge in [-0.25, -0.2) is 0 Å². The van der Waals surface area contributed by atoms with Crippen LogP contribution >= 0.6 is 11.6 Å². The van der Waals surface area contributed by atoms with E-state index < -0.39 is 0 Å². The van der Waals surface area contributed by atoms with Gasteiger partial charge in [0.2, 0.25) is 0 Å². The van der Waals surface area contributed by atoms with Gasteiger partial charge in [0.15, 0.2) is 0 Å². The SMILES string of the molecule is CC(C)(C)c1ccc(COc2ccc3ccccc3c2CCl)cc1. The molecular weight excluding hydrogens is 316 g/mol. The predicted molar refractivity (Wildman–Crippen MR) is 103 cm³/mol. The fraction of sp³-hybridized carbons (Fsp3) is 0.273. The molecule has 0 unspecified atom stereocenters. The van der Waals surface area contributed by atoms with Crippen molar-refractivity contribution in [2.75, 3.05) is 0 Å². The summed E-state index contributed by atoms with van der Waals surface area (Å²) in [6.45, 7) is 7.22. The van der Waals surface area contributed by atoms with Gasteiger partial charge in [-0.3, -0.25) is 0 Å². The highest BCUT2D eigenvalue weighted by Gasteiger charge is 2.13. The van der Waals surface area contributed by atoms with Crippen molar-refractivity contribution < 1.29 is 4.74 Å². The van der Waals surface area contributed by atoms with E-state index >= 15 is 0 Å². The molecule has 0 bridgehead atoms. The number of hydrogen-bond donors (Lipinski definition) is 0. The van der Waals surface area contributed by atoms with E-state index in [1.807, 2.05) is 18.2 Å². The highest BCUT2D eigenvalue weighted by Crippen LogP contribution is 2.30. The summed E-state index contributed by atoms with van der Waals surface area (Å²) >= 11 is 6.18. The summed E-state index contributed by atoms with van der Waals surface area (Å²) in [5.41, 5.74) is 3.72. The summed E-state index contributed by atoms with van der Waals surface area (Å²) in [5, 5.41) is 2.35. The van der Waals surface area contributed by atoms with Crippen molar-refractivity contribution in [3.63, 3.8) is 0 Å². The van der Waals surface area contributed by atoms with Crippen LogP contribution in [-0.4, -0.2) is 0 Å². The second kappa shape index (κ2) is 6.86. The molecule has 0 fully saturated rings. The Balaban J connectivity index is 1.80. The topological polar surface area (TPSA) is 9.23 Å². The van der Waals surface area contributed by atoms with E-state index in [4.69, 9.17) is 16.3 Å². The van der Waals surface area contributed by atoms with Gasteiger partial charge in [0.05, 0.1) is 5.88 Å². The van der Waals surface area contributed by atoms with Crippen LogP contribution in [0.1, 0.15) is 37.5 Å². The van der Waals surface area contributed by atoms with Crippen LogP contribution in [0.25, 0.3) is 10.8 Å². The third-order valence-electron chi connectivity index (χ3n) is 4.35. The molecule has 0 saturated heterocycles. The molecule has 0 amide bonds. The van der Waals surface area contributed by atoms with Gasteiger partial charge in [-0.1, -0.05) is 75.4 Å². The lowest BCUT2D eigenvalue weighted by Gasteiger charge is -2.19. The Kier molecular flexibility index (Phi) is 4.82. The Bertz CT molecular complexity index is 829. The van der Waals surface area contributed by atoms with Crippen LogP contribution in [0, 0.1) is 0 Å². The maximum atomic E-state index is 6.18. The highest BCUT2D eigenvalue weighted by atomic mass is 35.5. The zero-order valence-electron chi connectivity index (χ0n) is 14.5. The number of alkyl halides is 1.